The van der Waals surface area contributed by atoms with Crippen molar-refractivity contribution in [1.29, 1.82) is 0 Å². The molecular formula is C62H52O17S. The molecule has 2 aliphatic rings. The van der Waals surface area contributed by atoms with Crippen molar-refractivity contribution in [3.63, 3.8) is 0 Å². The van der Waals surface area contributed by atoms with E-state index in [-0.39, 0.29) is 38.9 Å². The van der Waals surface area contributed by atoms with Crippen molar-refractivity contribution in [3.05, 3.63) is 251 Å². The third-order valence-electron chi connectivity index (χ3n) is 12.7. The molecule has 0 unspecified atom stereocenters. The Balaban J connectivity index is 1.19. The number of rotatable bonds is 19. The molecule has 0 amide bonds. The molecular weight excluding hydrogens is 1050 g/mol. The lowest BCUT2D eigenvalue weighted by Crippen LogP contribution is -2.67. The first-order valence-electron chi connectivity index (χ1n) is 25.3. The standard InChI is InChI=1S/C62H52O17S/c1-80-62-53(78-60(69)45-35-21-8-22-36-45)51(76-58(67)43-31-17-6-18-32-43)49(47(73-62)38-71-55(64)40-25-11-3-12-26-40)79-61-52(77-59(68)44-33-19-7-20-34-44)50(75-57(66)42-29-15-5-16-30-42)48(74-56(65)41-27-13-4-14-28-41)46(72-61)37-70-54(63)39-23-9-2-10-24-39/h2-36,46-53,61-62H,37-38H2,1H3/t46-,47-,48+,49-,50+,51+,52-,53-,61+,62+/m1/s1. The van der Waals surface area contributed by atoms with Crippen molar-refractivity contribution in [2.75, 3.05) is 19.5 Å². The topological polar surface area (TPSA) is 212 Å². The summed E-state index contributed by atoms with van der Waals surface area (Å²) in [5.41, 5.74) is -0.498. The van der Waals surface area contributed by atoms with Gasteiger partial charge in [0, 0.05) is 0 Å². The average Bonchev–Trinajstić information content (AvgIpc) is 3.71. The van der Waals surface area contributed by atoms with Crippen LogP contribution in [0.3, 0.4) is 0 Å². The third-order valence-corrected chi connectivity index (χ3v) is 13.6. The molecule has 17 nitrogen and oxygen atoms in total. The smallest absolute Gasteiger partial charge is 0.338 e. The van der Waals surface area contributed by atoms with Gasteiger partial charge in [0.25, 0.3) is 0 Å². The van der Waals surface area contributed by atoms with Gasteiger partial charge in [0.15, 0.2) is 36.8 Å². The van der Waals surface area contributed by atoms with Gasteiger partial charge in [0.1, 0.15) is 37.0 Å². The summed E-state index contributed by atoms with van der Waals surface area (Å²) < 4.78 is 63.7. The summed E-state index contributed by atoms with van der Waals surface area (Å²) in [7, 11) is 0. The molecule has 9 rings (SSSR count). The number of benzene rings is 7. The van der Waals surface area contributed by atoms with E-state index in [1.807, 2.05) is 0 Å². The molecule has 7 aromatic rings. The maximum Gasteiger partial charge on any atom is 0.338 e. The molecule has 0 spiro atoms. The largest absolute Gasteiger partial charge is 0.459 e. The van der Waals surface area contributed by atoms with Gasteiger partial charge in [-0.05, 0) is 91.2 Å². The molecule has 0 aliphatic carbocycles. The van der Waals surface area contributed by atoms with E-state index in [9.17, 15) is 33.6 Å². The van der Waals surface area contributed by atoms with E-state index in [1.165, 1.54) is 84.9 Å². The Morgan fingerprint density at radius 1 is 0.325 bits per heavy atom. The van der Waals surface area contributed by atoms with E-state index in [1.54, 1.807) is 134 Å². The maximum atomic E-state index is 14.5. The second-order valence-electron chi connectivity index (χ2n) is 18.0. The zero-order chi connectivity index (χ0) is 55.8. The van der Waals surface area contributed by atoms with Crippen molar-refractivity contribution in [3.8, 4) is 0 Å². The highest BCUT2D eigenvalue weighted by atomic mass is 32.2. The number of hydrogen-bond acceptors (Lipinski definition) is 18. The number of esters is 7. The van der Waals surface area contributed by atoms with Crippen LogP contribution in [0.1, 0.15) is 72.5 Å². The number of carbonyl (C=O) groups is 7. The average molecular weight is 1100 g/mol. The van der Waals surface area contributed by atoms with Gasteiger partial charge in [-0.1, -0.05) is 127 Å². The molecule has 2 fully saturated rings. The van der Waals surface area contributed by atoms with E-state index >= 15 is 0 Å². The van der Waals surface area contributed by atoms with Crippen molar-refractivity contribution < 1.29 is 80.9 Å². The van der Waals surface area contributed by atoms with Gasteiger partial charge in [-0.15, -0.1) is 11.8 Å². The van der Waals surface area contributed by atoms with Gasteiger partial charge >= 0.3 is 41.8 Å². The monoisotopic (exact) mass is 1100 g/mol. The molecule has 0 N–H and O–H groups in total. The lowest BCUT2D eigenvalue weighted by atomic mass is 9.96. The highest BCUT2D eigenvalue weighted by Gasteiger charge is 2.58. The van der Waals surface area contributed by atoms with Crippen LogP contribution in [0.5, 0.6) is 0 Å². The van der Waals surface area contributed by atoms with Crippen molar-refractivity contribution in [2.45, 2.75) is 60.6 Å². The first-order valence-corrected chi connectivity index (χ1v) is 26.6. The number of hydrogen-bond donors (Lipinski definition) is 0. The Hall–Kier alpha value is -8.94. The third kappa shape index (κ3) is 14.0. The summed E-state index contributed by atoms with van der Waals surface area (Å²) in [5, 5.41) is 0. The van der Waals surface area contributed by atoms with Crippen LogP contribution >= 0.6 is 11.8 Å². The molecule has 2 heterocycles. The molecule has 2 saturated heterocycles. The minimum atomic E-state index is -2.00. The van der Waals surface area contributed by atoms with Gasteiger partial charge in [0.2, 0.25) is 0 Å². The van der Waals surface area contributed by atoms with E-state index in [4.69, 9.17) is 47.4 Å². The lowest BCUT2D eigenvalue weighted by molar-refractivity contribution is -0.335. The maximum absolute atomic E-state index is 14.5. The summed E-state index contributed by atoms with van der Waals surface area (Å²) in [6.45, 7) is -1.31. The van der Waals surface area contributed by atoms with Crippen LogP contribution in [0.2, 0.25) is 0 Å². The Kier molecular flexibility index (Phi) is 18.9. The summed E-state index contributed by atoms with van der Waals surface area (Å²) in [6.07, 6.45) is -13.9. The zero-order valence-electron chi connectivity index (χ0n) is 42.7. The van der Waals surface area contributed by atoms with Gasteiger partial charge in [-0.3, -0.25) is 0 Å². The van der Waals surface area contributed by atoms with Crippen molar-refractivity contribution in [2.24, 2.45) is 0 Å². The van der Waals surface area contributed by atoms with Gasteiger partial charge in [0.05, 0.1) is 38.9 Å². The summed E-state index contributed by atoms with van der Waals surface area (Å²) in [6, 6.07) is 55.4. The minimum absolute atomic E-state index is 0.0215. The Morgan fingerprint density at radius 2 is 0.588 bits per heavy atom. The quantitative estimate of drug-likeness (QED) is 0.0546. The molecule has 408 valence electrons. The van der Waals surface area contributed by atoms with Crippen LogP contribution in [0.15, 0.2) is 212 Å². The van der Waals surface area contributed by atoms with E-state index in [0.717, 1.165) is 11.8 Å². The summed E-state index contributed by atoms with van der Waals surface area (Å²) in [4.78, 5) is 99.4. The summed E-state index contributed by atoms with van der Waals surface area (Å²) in [5.74, 6) is -6.25. The second-order valence-corrected chi connectivity index (χ2v) is 19.0. The van der Waals surface area contributed by atoms with Gasteiger partial charge in [-0.2, -0.15) is 0 Å². The number of ether oxygens (including phenoxy) is 10. The molecule has 0 saturated carbocycles. The fraction of sp³-hybridized carbons (Fsp3) is 0.210. The highest BCUT2D eigenvalue weighted by molar-refractivity contribution is 7.99. The molecule has 0 radical (unpaired) electrons. The molecule has 0 aromatic heterocycles. The van der Waals surface area contributed by atoms with Crippen LogP contribution in [-0.2, 0) is 47.4 Å². The fourth-order valence-corrected chi connectivity index (χ4v) is 9.50. The molecule has 80 heavy (non-hydrogen) atoms. The van der Waals surface area contributed by atoms with E-state index in [2.05, 4.69) is 0 Å². The summed E-state index contributed by atoms with van der Waals surface area (Å²) >= 11 is 1.08. The molecule has 18 heteroatoms. The first-order chi connectivity index (χ1) is 39.0. The molecule has 2 aliphatic heterocycles. The number of carbonyl (C=O) groups excluding carboxylic acids is 7. The van der Waals surface area contributed by atoms with Crippen molar-refractivity contribution >= 4 is 53.5 Å². The normalized spacial score (nSPS) is 22.3. The number of thioether (sulfide) groups is 1. The van der Waals surface area contributed by atoms with Crippen LogP contribution in [-0.4, -0.2) is 122 Å². The van der Waals surface area contributed by atoms with E-state index < -0.39 is 116 Å². The van der Waals surface area contributed by atoms with Gasteiger partial charge in [-0.25, -0.2) is 33.6 Å². The molecule has 10 atom stereocenters. The van der Waals surface area contributed by atoms with Crippen LogP contribution in [0, 0.1) is 0 Å². The lowest BCUT2D eigenvalue weighted by Gasteiger charge is -2.48. The predicted octanol–water partition coefficient (Wildman–Crippen LogP) is 9.03. The Labute approximate surface area is 463 Å². The minimum Gasteiger partial charge on any atom is -0.459 e. The van der Waals surface area contributed by atoms with E-state index in [0.29, 0.717) is 0 Å². The van der Waals surface area contributed by atoms with Crippen LogP contribution in [0.25, 0.3) is 0 Å². The predicted molar refractivity (Wildman–Crippen MR) is 287 cm³/mol. The zero-order valence-corrected chi connectivity index (χ0v) is 43.6. The fourth-order valence-electron chi connectivity index (χ4n) is 8.77. The molecule has 0 bridgehead atoms. The SMILES string of the molecule is CS[C@@H]1O[C@H](COC(=O)c2ccccc2)[C@@H](O[C@@H]2O[C@H](COC(=O)c3ccccc3)[C@H](OC(=O)c3ccccc3)[C@H](OC(=O)c3ccccc3)[C@H]2OC(=O)c2ccccc2)[C@H](OC(=O)c2ccccc2)[C@H]1OC(=O)c1ccccc1. The second kappa shape index (κ2) is 27.1. The van der Waals surface area contributed by atoms with Gasteiger partial charge < -0.3 is 47.4 Å². The highest BCUT2D eigenvalue weighted by Crippen LogP contribution is 2.38. The Bertz CT molecular complexity index is 3190. The van der Waals surface area contributed by atoms with Crippen molar-refractivity contribution in [1.82, 2.24) is 0 Å². The van der Waals surface area contributed by atoms with Crippen LogP contribution < -0.4 is 0 Å². The molecule has 7 aromatic carbocycles. The first kappa shape index (κ1) is 55.8. The van der Waals surface area contributed by atoms with Crippen LogP contribution in [0.4, 0.5) is 0 Å². The Morgan fingerprint density at radius 3 is 0.912 bits per heavy atom.